The van der Waals surface area contributed by atoms with Crippen molar-refractivity contribution in [3.63, 3.8) is 0 Å². The van der Waals surface area contributed by atoms with Crippen LogP contribution in [0.3, 0.4) is 0 Å². The molecular weight excluding hydrogens is 759 g/mol. The lowest BCUT2D eigenvalue weighted by atomic mass is 9.98. The monoisotopic (exact) mass is 815 g/mol. The van der Waals surface area contributed by atoms with Crippen molar-refractivity contribution in [1.82, 2.24) is 30.7 Å². The number of ketones is 1. The second-order valence-electron chi connectivity index (χ2n) is 16.5. The topological polar surface area (TPSA) is 218 Å². The molecular formula is C43H57N7O9. The van der Waals surface area contributed by atoms with Crippen molar-refractivity contribution in [3.8, 4) is 0 Å². The standard InChI is InChI=1S/C43H57N7O9/c1-5-28-13-15-30(16-14-28)45-42(59)46-32(21-29-11-8-10-25(2)20-29)37(54)47-36(27(4)51)41(58)49-24-31(52)22-34(49)40(57)48-18-7-6-12-33(48)38(55)44-26(3)39(56)50-19-9-17-43(50)23-35(43)53/h8,10-11,13-16,20,26-27,31-34,36,51-52H,5-7,9,12,17-19,21-24H2,1-4H3,(H,44,55)(H,47,54)(H2,45,46,59)/t26-,27-,31+,32-,33-,34-,36-,43+/m0/s1. The number of anilines is 1. The highest BCUT2D eigenvalue weighted by Gasteiger charge is 2.62. The quantitative estimate of drug-likeness (QED) is 0.172. The van der Waals surface area contributed by atoms with Gasteiger partial charge in [-0.3, -0.25) is 28.8 Å². The van der Waals surface area contributed by atoms with Crippen molar-refractivity contribution in [2.75, 3.05) is 25.0 Å². The molecule has 4 aliphatic rings. The average Bonchev–Trinajstić information content (AvgIpc) is 3.47. The number of nitrogens with one attached hydrogen (secondary N) is 4. The van der Waals surface area contributed by atoms with Crippen molar-refractivity contribution < 1.29 is 43.8 Å². The Bertz CT molecular complexity index is 1940. The normalized spacial score (nSPS) is 24.5. The number of β-amino-alcohol motifs (C(OH)–C–C–N with tert-alkyl or cyclic N) is 1. The molecule has 1 saturated carbocycles. The van der Waals surface area contributed by atoms with E-state index < -0.39 is 77.6 Å². The Morgan fingerprint density at radius 3 is 2.27 bits per heavy atom. The predicted molar refractivity (Wildman–Crippen MR) is 217 cm³/mol. The number of piperidine rings is 1. The third-order valence-electron chi connectivity index (χ3n) is 12.1. The van der Waals surface area contributed by atoms with Crippen LogP contribution < -0.4 is 21.3 Å². The van der Waals surface area contributed by atoms with Crippen LogP contribution in [-0.2, 0) is 41.6 Å². The first kappa shape index (κ1) is 43.2. The minimum absolute atomic E-state index is 0.0246. The van der Waals surface area contributed by atoms with Crippen molar-refractivity contribution in [1.29, 1.82) is 0 Å². The van der Waals surface area contributed by atoms with Gasteiger partial charge in [-0.15, -0.1) is 0 Å². The number of aliphatic hydroxyl groups is 2. The Morgan fingerprint density at radius 2 is 1.61 bits per heavy atom. The third-order valence-corrected chi connectivity index (χ3v) is 12.1. The van der Waals surface area contributed by atoms with Gasteiger partial charge in [-0.2, -0.15) is 0 Å². The van der Waals surface area contributed by atoms with Gasteiger partial charge in [0.2, 0.25) is 29.5 Å². The van der Waals surface area contributed by atoms with Crippen LogP contribution in [0.15, 0.2) is 48.5 Å². The molecule has 59 heavy (non-hydrogen) atoms. The molecule has 1 spiro atoms. The summed E-state index contributed by atoms with van der Waals surface area (Å²) in [5, 5.41) is 32.5. The number of aliphatic hydroxyl groups excluding tert-OH is 2. The largest absolute Gasteiger partial charge is 0.391 e. The summed E-state index contributed by atoms with van der Waals surface area (Å²) in [6.07, 6.45) is 1.39. The van der Waals surface area contributed by atoms with Crippen LogP contribution in [0.5, 0.6) is 0 Å². The lowest BCUT2D eigenvalue weighted by molar-refractivity contribution is -0.152. The number of carbonyl (C=O) groups excluding carboxylic acids is 7. The number of likely N-dealkylation sites (tertiary alicyclic amines) is 3. The Labute approximate surface area is 344 Å². The maximum atomic E-state index is 14.3. The fraction of sp³-hybridized carbons (Fsp3) is 0.558. The molecule has 2 aromatic carbocycles. The summed E-state index contributed by atoms with van der Waals surface area (Å²) >= 11 is 0. The van der Waals surface area contributed by atoms with E-state index in [9.17, 15) is 43.8 Å². The molecule has 7 amide bonds. The maximum absolute atomic E-state index is 14.3. The van der Waals surface area contributed by atoms with Crippen LogP contribution in [0, 0.1) is 6.92 Å². The van der Waals surface area contributed by atoms with Gasteiger partial charge in [0.05, 0.1) is 12.2 Å². The van der Waals surface area contributed by atoms with Crippen LogP contribution in [0.4, 0.5) is 10.5 Å². The van der Waals surface area contributed by atoms with E-state index in [4.69, 9.17) is 0 Å². The molecule has 3 saturated heterocycles. The van der Waals surface area contributed by atoms with Crippen molar-refractivity contribution in [3.05, 3.63) is 65.2 Å². The number of carbonyl (C=O) groups is 7. The second kappa shape index (κ2) is 18.3. The molecule has 0 bridgehead atoms. The van der Waals surface area contributed by atoms with E-state index >= 15 is 0 Å². The average molecular weight is 816 g/mol. The number of urea groups is 1. The number of hydrogen-bond acceptors (Lipinski definition) is 9. The number of Topliss-reactive ketones (excluding diaryl/α,β-unsaturated/α-hetero) is 1. The molecule has 8 atom stereocenters. The smallest absolute Gasteiger partial charge is 0.319 e. The predicted octanol–water partition coefficient (Wildman–Crippen LogP) is 1.34. The summed E-state index contributed by atoms with van der Waals surface area (Å²) in [5.41, 5.74) is 2.52. The zero-order chi connectivity index (χ0) is 42.6. The molecule has 3 aliphatic heterocycles. The van der Waals surface area contributed by atoms with Gasteiger partial charge >= 0.3 is 6.03 Å². The van der Waals surface area contributed by atoms with Gasteiger partial charge in [0.25, 0.3) is 0 Å². The molecule has 0 radical (unpaired) electrons. The van der Waals surface area contributed by atoms with Gasteiger partial charge in [0, 0.05) is 44.6 Å². The number of nitrogens with zero attached hydrogens (tertiary/aromatic N) is 3. The zero-order valence-electron chi connectivity index (χ0n) is 34.2. The molecule has 6 rings (SSSR count). The Balaban J connectivity index is 1.14. The maximum Gasteiger partial charge on any atom is 0.319 e. The number of aryl methyl sites for hydroxylation is 2. The van der Waals surface area contributed by atoms with Crippen LogP contribution in [0.1, 0.15) is 82.4 Å². The SMILES string of the molecule is CCc1ccc(NC(=O)N[C@@H](Cc2cccc(C)c2)C(=O)N[C@H](C(=O)N2C[C@H](O)C[C@H]2C(=O)N2CCCC[C@H]2C(=O)N[C@@H](C)C(=O)N2CCC[C@]23CC3=O)[C@H](C)O)cc1. The summed E-state index contributed by atoms with van der Waals surface area (Å²) in [5.74, 6) is -3.01. The van der Waals surface area contributed by atoms with Crippen molar-refractivity contribution in [2.24, 2.45) is 0 Å². The zero-order valence-corrected chi connectivity index (χ0v) is 34.2. The van der Waals surface area contributed by atoms with Crippen LogP contribution >= 0.6 is 0 Å². The summed E-state index contributed by atoms with van der Waals surface area (Å²) in [7, 11) is 0. The van der Waals surface area contributed by atoms with E-state index in [0.29, 0.717) is 50.8 Å². The lowest BCUT2D eigenvalue weighted by Crippen LogP contribution is -2.62. The number of amides is 7. The van der Waals surface area contributed by atoms with Crippen LogP contribution in [0.2, 0.25) is 0 Å². The first-order valence-electron chi connectivity index (χ1n) is 20.8. The Kier molecular flexibility index (Phi) is 13.4. The first-order valence-corrected chi connectivity index (χ1v) is 20.8. The van der Waals surface area contributed by atoms with E-state index in [2.05, 4.69) is 21.3 Å². The number of benzene rings is 2. The summed E-state index contributed by atoms with van der Waals surface area (Å²) < 4.78 is 0. The molecule has 0 unspecified atom stereocenters. The highest BCUT2D eigenvalue weighted by Crippen LogP contribution is 2.46. The van der Waals surface area contributed by atoms with Crippen molar-refractivity contribution in [2.45, 2.75) is 133 Å². The molecule has 3 heterocycles. The van der Waals surface area contributed by atoms with Gasteiger partial charge < -0.3 is 46.2 Å². The molecule has 16 heteroatoms. The lowest BCUT2D eigenvalue weighted by Gasteiger charge is -2.39. The molecule has 2 aromatic rings. The van der Waals surface area contributed by atoms with E-state index in [0.717, 1.165) is 28.0 Å². The van der Waals surface area contributed by atoms with Gasteiger partial charge in [-0.25, -0.2) is 4.79 Å². The van der Waals surface area contributed by atoms with Crippen LogP contribution in [-0.4, -0.2) is 134 Å². The summed E-state index contributed by atoms with van der Waals surface area (Å²) in [4.78, 5) is 99.2. The fourth-order valence-electron chi connectivity index (χ4n) is 8.71. The van der Waals surface area contributed by atoms with Gasteiger partial charge in [-0.1, -0.05) is 48.9 Å². The molecule has 1 aliphatic carbocycles. The third kappa shape index (κ3) is 9.76. The van der Waals surface area contributed by atoms with E-state index in [1.807, 2.05) is 44.2 Å². The van der Waals surface area contributed by atoms with Gasteiger partial charge in [-0.05, 0) is 82.6 Å². The van der Waals surface area contributed by atoms with Gasteiger partial charge in [0.1, 0.15) is 35.7 Å². The second-order valence-corrected chi connectivity index (χ2v) is 16.5. The van der Waals surface area contributed by atoms with E-state index in [1.54, 1.807) is 30.0 Å². The fourth-order valence-corrected chi connectivity index (χ4v) is 8.71. The molecule has 4 fully saturated rings. The van der Waals surface area contributed by atoms with Gasteiger partial charge in [0.15, 0.2) is 5.78 Å². The van der Waals surface area contributed by atoms with E-state index in [-0.39, 0.29) is 37.6 Å². The van der Waals surface area contributed by atoms with E-state index in [1.165, 1.54) is 11.8 Å². The molecule has 16 nitrogen and oxygen atoms in total. The molecule has 318 valence electrons. The number of hydrogen-bond donors (Lipinski definition) is 6. The summed E-state index contributed by atoms with van der Waals surface area (Å²) in [6, 6.07) is 8.15. The minimum Gasteiger partial charge on any atom is -0.391 e. The highest BCUT2D eigenvalue weighted by molar-refractivity contribution is 6.09. The van der Waals surface area contributed by atoms with Crippen molar-refractivity contribution >= 4 is 47.0 Å². The minimum atomic E-state index is -1.56. The molecule has 6 N–H and O–H groups in total. The highest BCUT2D eigenvalue weighted by atomic mass is 16.3. The molecule has 0 aromatic heterocycles. The first-order chi connectivity index (χ1) is 28.1. The summed E-state index contributed by atoms with van der Waals surface area (Å²) in [6.45, 7) is 7.17. The Hall–Kier alpha value is -5.35. The van der Waals surface area contributed by atoms with Crippen LogP contribution in [0.25, 0.3) is 0 Å². The Morgan fingerprint density at radius 1 is 0.881 bits per heavy atom. The number of rotatable bonds is 13.